The molecule has 0 atom stereocenters. The Morgan fingerprint density at radius 2 is 2.11 bits per heavy atom. The van der Waals surface area contributed by atoms with Crippen molar-refractivity contribution >= 4 is 0 Å². The van der Waals surface area contributed by atoms with Crippen LogP contribution >= 0.6 is 0 Å². The lowest BCUT2D eigenvalue weighted by Crippen LogP contribution is -1.69. The van der Waals surface area contributed by atoms with Crippen LogP contribution in [0.5, 0.6) is 11.5 Å². The van der Waals surface area contributed by atoms with E-state index in [0.29, 0.717) is 0 Å². The SMILES string of the molecule is Cc1ccc(O)c([O])c1. The molecule has 0 aromatic heterocycles. The summed E-state index contributed by atoms with van der Waals surface area (Å²) in [5, 5.41) is 19.3. The van der Waals surface area contributed by atoms with E-state index in [2.05, 4.69) is 0 Å². The van der Waals surface area contributed by atoms with Gasteiger partial charge < -0.3 is 5.11 Å². The van der Waals surface area contributed by atoms with Crippen LogP contribution in [0.1, 0.15) is 5.56 Å². The number of hydrogen-bond acceptors (Lipinski definition) is 1. The van der Waals surface area contributed by atoms with E-state index in [1.807, 2.05) is 0 Å². The van der Waals surface area contributed by atoms with Crippen LogP contribution in [0.4, 0.5) is 0 Å². The first-order chi connectivity index (χ1) is 4.20. The molecule has 0 unspecified atom stereocenters. The van der Waals surface area contributed by atoms with E-state index in [4.69, 9.17) is 5.11 Å². The molecule has 1 aromatic carbocycles. The van der Waals surface area contributed by atoms with Crippen LogP contribution in [0.2, 0.25) is 0 Å². The highest BCUT2D eigenvalue weighted by atomic mass is 16.3. The molecule has 9 heavy (non-hydrogen) atoms. The number of aromatic hydroxyl groups is 1. The second-order valence-electron chi connectivity index (χ2n) is 1.97. The molecular formula is C7H7O2. The van der Waals surface area contributed by atoms with Gasteiger partial charge in [-0.15, -0.1) is 0 Å². The predicted molar refractivity (Wildman–Crippen MR) is 33.0 cm³/mol. The summed E-state index contributed by atoms with van der Waals surface area (Å²) >= 11 is 0. The van der Waals surface area contributed by atoms with Crippen LogP contribution in [0.3, 0.4) is 0 Å². The summed E-state index contributed by atoms with van der Waals surface area (Å²) in [5.74, 6) is -0.490. The highest BCUT2D eigenvalue weighted by Crippen LogP contribution is 2.24. The average molecular weight is 123 g/mol. The number of aryl methyl sites for hydroxylation is 1. The van der Waals surface area contributed by atoms with Gasteiger partial charge in [0.05, 0.1) is 0 Å². The summed E-state index contributed by atoms with van der Waals surface area (Å²) in [4.78, 5) is 0. The van der Waals surface area contributed by atoms with Crippen LogP contribution in [0.25, 0.3) is 0 Å². The maximum Gasteiger partial charge on any atom is 0.220 e. The maximum absolute atomic E-state index is 10.6. The molecule has 2 heteroatoms. The summed E-state index contributed by atoms with van der Waals surface area (Å²) < 4.78 is 0. The van der Waals surface area contributed by atoms with E-state index in [9.17, 15) is 5.11 Å². The Hall–Kier alpha value is -1.18. The van der Waals surface area contributed by atoms with E-state index in [1.54, 1.807) is 13.0 Å². The van der Waals surface area contributed by atoms with Gasteiger partial charge in [-0.25, -0.2) is 0 Å². The van der Waals surface area contributed by atoms with Crippen molar-refractivity contribution in [2.45, 2.75) is 6.92 Å². The average Bonchev–Trinajstić information content (AvgIpc) is 1.80. The molecule has 0 aliphatic carbocycles. The first-order valence-corrected chi connectivity index (χ1v) is 2.67. The largest absolute Gasteiger partial charge is 0.504 e. The van der Waals surface area contributed by atoms with Gasteiger partial charge in [0.2, 0.25) is 5.75 Å². The van der Waals surface area contributed by atoms with E-state index >= 15 is 0 Å². The predicted octanol–water partition coefficient (Wildman–Crippen LogP) is 1.84. The molecule has 2 nitrogen and oxygen atoms in total. The van der Waals surface area contributed by atoms with Gasteiger partial charge in [0.1, 0.15) is 0 Å². The fraction of sp³-hybridized carbons (Fsp3) is 0.143. The third-order valence-electron chi connectivity index (χ3n) is 1.12. The van der Waals surface area contributed by atoms with Crippen LogP contribution in [0, 0.1) is 6.92 Å². The summed E-state index contributed by atoms with van der Waals surface area (Å²) in [7, 11) is 0. The van der Waals surface area contributed by atoms with Gasteiger partial charge in [0.25, 0.3) is 0 Å². The quantitative estimate of drug-likeness (QED) is 0.561. The lowest BCUT2D eigenvalue weighted by atomic mass is 10.2. The van der Waals surface area contributed by atoms with Crippen LogP contribution in [-0.2, 0) is 5.11 Å². The van der Waals surface area contributed by atoms with Gasteiger partial charge in [-0.2, -0.15) is 0 Å². The molecule has 0 saturated carbocycles. The molecule has 0 aliphatic heterocycles. The Bertz CT molecular complexity index is 218. The molecule has 47 valence electrons. The van der Waals surface area contributed by atoms with E-state index in [1.165, 1.54) is 12.1 Å². The molecule has 0 amide bonds. The minimum atomic E-state index is -0.310. The fourth-order valence-corrected chi connectivity index (χ4v) is 0.621. The highest BCUT2D eigenvalue weighted by molar-refractivity contribution is 5.39. The number of hydrogen-bond donors (Lipinski definition) is 1. The Morgan fingerprint density at radius 3 is 2.56 bits per heavy atom. The van der Waals surface area contributed by atoms with E-state index < -0.39 is 0 Å². The maximum atomic E-state index is 10.6. The summed E-state index contributed by atoms with van der Waals surface area (Å²) in [6, 6.07) is 4.49. The minimum Gasteiger partial charge on any atom is -0.504 e. The van der Waals surface area contributed by atoms with Gasteiger partial charge in [0, 0.05) is 0 Å². The van der Waals surface area contributed by atoms with Crippen LogP contribution < -0.4 is 0 Å². The van der Waals surface area contributed by atoms with Gasteiger partial charge in [-0.3, -0.25) is 5.11 Å². The van der Waals surface area contributed by atoms with Gasteiger partial charge in [-0.05, 0) is 24.6 Å². The number of phenolic OH excluding ortho intramolecular Hbond substituents is 1. The van der Waals surface area contributed by atoms with Crippen molar-refractivity contribution in [2.75, 3.05) is 0 Å². The summed E-state index contributed by atoms with van der Waals surface area (Å²) in [6.45, 7) is 1.81. The second-order valence-corrected chi connectivity index (χ2v) is 1.97. The lowest BCUT2D eigenvalue weighted by molar-refractivity contribution is 0.324. The molecule has 1 aromatic rings. The van der Waals surface area contributed by atoms with Crippen molar-refractivity contribution < 1.29 is 10.2 Å². The van der Waals surface area contributed by atoms with Crippen molar-refractivity contribution in [3.05, 3.63) is 23.8 Å². The zero-order valence-electron chi connectivity index (χ0n) is 5.09. The van der Waals surface area contributed by atoms with Crippen molar-refractivity contribution in [3.63, 3.8) is 0 Å². The van der Waals surface area contributed by atoms with Crippen LogP contribution in [0.15, 0.2) is 18.2 Å². The fourth-order valence-electron chi connectivity index (χ4n) is 0.621. The molecule has 0 spiro atoms. The first-order valence-electron chi connectivity index (χ1n) is 2.67. The third-order valence-corrected chi connectivity index (χ3v) is 1.12. The van der Waals surface area contributed by atoms with Gasteiger partial charge in [-0.1, -0.05) is 6.07 Å². The Labute approximate surface area is 53.4 Å². The first kappa shape index (κ1) is 5.95. The van der Waals surface area contributed by atoms with Gasteiger partial charge in [0.15, 0.2) is 5.75 Å². The normalized spacial score (nSPS) is 9.44. The molecular weight excluding hydrogens is 116 g/mol. The lowest BCUT2D eigenvalue weighted by Gasteiger charge is -1.92. The Kier molecular flexibility index (Phi) is 1.30. The zero-order valence-corrected chi connectivity index (χ0v) is 5.09. The summed E-state index contributed by atoms with van der Waals surface area (Å²) in [5.41, 5.74) is 0.873. The minimum absolute atomic E-state index is 0.180. The van der Waals surface area contributed by atoms with Crippen molar-refractivity contribution in [2.24, 2.45) is 0 Å². The Balaban J connectivity index is 3.17. The van der Waals surface area contributed by atoms with Crippen molar-refractivity contribution in [1.29, 1.82) is 0 Å². The number of rotatable bonds is 0. The molecule has 0 aliphatic rings. The zero-order chi connectivity index (χ0) is 6.85. The molecule has 0 saturated heterocycles. The van der Waals surface area contributed by atoms with Crippen molar-refractivity contribution in [1.82, 2.24) is 0 Å². The molecule has 0 fully saturated rings. The molecule has 0 bridgehead atoms. The monoisotopic (exact) mass is 123 g/mol. The van der Waals surface area contributed by atoms with Crippen LogP contribution in [-0.4, -0.2) is 5.11 Å². The molecule has 1 N–H and O–H groups in total. The van der Waals surface area contributed by atoms with E-state index in [0.717, 1.165) is 5.56 Å². The van der Waals surface area contributed by atoms with Gasteiger partial charge >= 0.3 is 0 Å². The molecule has 1 radical (unpaired) electrons. The standard InChI is InChI=1S/C7H7O2/c1-5-2-3-6(8)7(9)4-5/h2-4,8H,1H3. The van der Waals surface area contributed by atoms with E-state index in [-0.39, 0.29) is 11.5 Å². The number of phenols is 1. The topological polar surface area (TPSA) is 40.1 Å². The smallest absolute Gasteiger partial charge is 0.220 e. The molecule has 1 rings (SSSR count). The van der Waals surface area contributed by atoms with Crippen molar-refractivity contribution in [3.8, 4) is 11.5 Å². The third kappa shape index (κ3) is 1.13. The second kappa shape index (κ2) is 1.97. The highest BCUT2D eigenvalue weighted by Gasteiger charge is 1.97. The summed E-state index contributed by atoms with van der Waals surface area (Å²) in [6.07, 6.45) is 0. The Morgan fingerprint density at radius 1 is 1.44 bits per heavy atom. The number of benzene rings is 1. The molecule has 0 heterocycles.